The molecule has 3 atom stereocenters. The van der Waals surface area contributed by atoms with Crippen molar-refractivity contribution < 1.29 is 29.3 Å². The number of hydrogen-bond acceptors (Lipinski definition) is 6. The largest absolute Gasteiger partial charge is 0.459 e. The summed E-state index contributed by atoms with van der Waals surface area (Å²) in [7, 11) is -0.932. The summed E-state index contributed by atoms with van der Waals surface area (Å²) in [5, 5.41) is 18.8. The Balaban J connectivity index is 1.91. The molecule has 0 saturated carbocycles. The SMILES string of the molecule is CN(CCO)C(=O)S1(CO)[C@@H]2CC(=O)N2[C@@H](C(=O)OCc2ccccc2)C1(C)C. The first-order valence-corrected chi connectivity index (χ1v) is 11.4. The molecule has 0 aromatic heterocycles. The lowest BCUT2D eigenvalue weighted by Gasteiger charge is -2.50. The average molecular weight is 425 g/mol. The quantitative estimate of drug-likeness (QED) is 0.526. The van der Waals surface area contributed by atoms with E-state index in [2.05, 4.69) is 0 Å². The monoisotopic (exact) mass is 424 g/mol. The molecular weight excluding hydrogens is 396 g/mol. The number of benzene rings is 1. The third-order valence-corrected chi connectivity index (χ3v) is 10.8. The fourth-order valence-corrected chi connectivity index (χ4v) is 8.61. The molecule has 29 heavy (non-hydrogen) atoms. The molecule has 2 N–H and O–H groups in total. The molecule has 1 aromatic carbocycles. The van der Waals surface area contributed by atoms with Gasteiger partial charge >= 0.3 is 5.97 Å². The number of aliphatic hydroxyl groups is 2. The number of nitrogens with zero attached hydrogens (tertiary/aromatic N) is 2. The van der Waals surface area contributed by atoms with E-state index >= 15 is 0 Å². The van der Waals surface area contributed by atoms with E-state index in [4.69, 9.17) is 4.74 Å². The lowest BCUT2D eigenvalue weighted by Crippen LogP contribution is -2.57. The highest BCUT2D eigenvalue weighted by atomic mass is 32.3. The molecule has 9 heteroatoms. The lowest BCUT2D eigenvalue weighted by atomic mass is 9.98. The Bertz CT molecular complexity index is 801. The van der Waals surface area contributed by atoms with Gasteiger partial charge in [-0.25, -0.2) is 4.79 Å². The van der Waals surface area contributed by atoms with Gasteiger partial charge in [0.1, 0.15) is 12.6 Å². The van der Waals surface area contributed by atoms with E-state index in [9.17, 15) is 24.6 Å². The van der Waals surface area contributed by atoms with Crippen molar-refractivity contribution in [2.45, 2.75) is 43.0 Å². The second kappa shape index (κ2) is 7.97. The van der Waals surface area contributed by atoms with Crippen LogP contribution in [-0.4, -0.2) is 79.4 Å². The smallest absolute Gasteiger partial charge is 0.330 e. The predicted molar refractivity (Wildman–Crippen MR) is 109 cm³/mol. The lowest BCUT2D eigenvalue weighted by molar-refractivity contribution is -0.162. The fraction of sp³-hybridized carbons (Fsp3) is 0.550. The van der Waals surface area contributed by atoms with E-state index in [1.165, 1.54) is 9.80 Å². The van der Waals surface area contributed by atoms with Gasteiger partial charge in [0.25, 0.3) is 5.24 Å². The molecule has 2 aliphatic rings. The van der Waals surface area contributed by atoms with Crippen LogP contribution in [0.4, 0.5) is 4.79 Å². The van der Waals surface area contributed by atoms with E-state index in [-0.39, 0.29) is 37.3 Å². The zero-order valence-corrected chi connectivity index (χ0v) is 17.7. The van der Waals surface area contributed by atoms with Gasteiger partial charge in [-0.1, -0.05) is 30.3 Å². The number of carbonyl (C=O) groups is 3. The van der Waals surface area contributed by atoms with Gasteiger partial charge in [0.2, 0.25) is 5.91 Å². The van der Waals surface area contributed by atoms with Crippen LogP contribution < -0.4 is 0 Å². The third kappa shape index (κ3) is 3.21. The molecule has 2 aliphatic heterocycles. The second-order valence-electron chi connectivity index (χ2n) is 7.89. The first-order chi connectivity index (χ1) is 13.7. The Morgan fingerprint density at radius 2 is 1.93 bits per heavy atom. The standard InChI is InChI=1S/C20H28N2O6S/c1-20(2)17(18(26)28-12-14-7-5-4-6-8-14)22-15(25)11-16(22)29(20,13-24)19(27)21(3)9-10-23/h4-8,16-17,23-24H,9-13H2,1-3H3/t16-,17+/m1/s1. The van der Waals surface area contributed by atoms with Crippen LogP contribution in [0.1, 0.15) is 25.8 Å². The summed E-state index contributed by atoms with van der Waals surface area (Å²) in [6.07, 6.45) is 0.125. The zero-order valence-electron chi connectivity index (χ0n) is 16.9. The third-order valence-electron chi connectivity index (χ3n) is 6.00. The van der Waals surface area contributed by atoms with Crippen LogP contribution in [0.2, 0.25) is 0 Å². The van der Waals surface area contributed by atoms with Crippen LogP contribution in [0.5, 0.6) is 0 Å². The first-order valence-electron chi connectivity index (χ1n) is 9.50. The number of aliphatic hydroxyl groups excluding tert-OH is 2. The molecule has 2 amide bonds. The molecule has 0 radical (unpaired) electrons. The Labute approximate surface area is 171 Å². The average Bonchev–Trinajstić information content (AvgIpc) is 2.86. The minimum atomic E-state index is -2.49. The summed E-state index contributed by atoms with van der Waals surface area (Å²) in [6.45, 7) is 3.48. The Morgan fingerprint density at radius 3 is 2.48 bits per heavy atom. The first kappa shape index (κ1) is 21.6. The Morgan fingerprint density at radius 1 is 1.28 bits per heavy atom. The molecule has 3 rings (SSSR count). The van der Waals surface area contributed by atoms with Gasteiger partial charge in [0, 0.05) is 18.3 Å². The number of rotatable bonds is 6. The highest BCUT2D eigenvalue weighted by Crippen LogP contribution is 2.74. The van der Waals surface area contributed by atoms with Crippen LogP contribution in [0.3, 0.4) is 0 Å². The van der Waals surface area contributed by atoms with E-state index in [0.29, 0.717) is 0 Å². The topological polar surface area (TPSA) is 107 Å². The van der Waals surface area contributed by atoms with Gasteiger partial charge in [-0.05, 0) is 19.4 Å². The number of ether oxygens (including phenoxy) is 1. The van der Waals surface area contributed by atoms with Crippen molar-refractivity contribution in [2.75, 3.05) is 26.1 Å². The summed E-state index contributed by atoms with van der Waals surface area (Å²) in [6, 6.07) is 8.28. The van der Waals surface area contributed by atoms with Crippen LogP contribution in [-0.2, 0) is 20.9 Å². The Hall–Kier alpha value is -2.10. The summed E-state index contributed by atoms with van der Waals surface area (Å²) >= 11 is 0. The number of carbonyl (C=O) groups excluding carboxylic acids is 3. The summed E-state index contributed by atoms with van der Waals surface area (Å²) in [5.41, 5.74) is 0.822. The molecule has 8 nitrogen and oxygen atoms in total. The van der Waals surface area contributed by atoms with Gasteiger partial charge in [-0.15, -0.1) is 10.0 Å². The fourth-order valence-electron chi connectivity index (χ4n) is 4.31. The van der Waals surface area contributed by atoms with E-state index in [0.717, 1.165) is 5.56 Å². The van der Waals surface area contributed by atoms with Crippen molar-refractivity contribution in [2.24, 2.45) is 0 Å². The molecule has 2 fully saturated rings. The summed E-state index contributed by atoms with van der Waals surface area (Å²) in [4.78, 5) is 41.6. The van der Waals surface area contributed by atoms with Crippen molar-refractivity contribution >= 4 is 27.1 Å². The summed E-state index contributed by atoms with van der Waals surface area (Å²) in [5.74, 6) is -1.21. The number of amides is 2. The maximum atomic E-state index is 13.3. The van der Waals surface area contributed by atoms with Crippen LogP contribution in [0.15, 0.2) is 30.3 Å². The van der Waals surface area contributed by atoms with Crippen LogP contribution in [0, 0.1) is 0 Å². The number of fused-ring (bicyclic) bond motifs is 1. The van der Waals surface area contributed by atoms with E-state index in [1.54, 1.807) is 20.9 Å². The van der Waals surface area contributed by atoms with E-state index < -0.39 is 38.1 Å². The van der Waals surface area contributed by atoms with Crippen LogP contribution >= 0.6 is 10.0 Å². The number of likely N-dealkylation sites (N-methyl/N-ethyl adjacent to an activating group) is 1. The highest BCUT2D eigenvalue weighted by molar-refractivity contribution is 8.46. The van der Waals surface area contributed by atoms with Gasteiger partial charge in [-0.3, -0.25) is 9.59 Å². The highest BCUT2D eigenvalue weighted by Gasteiger charge is 2.72. The van der Waals surface area contributed by atoms with Crippen molar-refractivity contribution in [3.63, 3.8) is 0 Å². The van der Waals surface area contributed by atoms with Crippen molar-refractivity contribution in [1.82, 2.24) is 9.80 Å². The predicted octanol–water partition coefficient (Wildman–Crippen LogP) is 1.25. The molecule has 2 heterocycles. The van der Waals surface area contributed by atoms with Gasteiger partial charge in [0.05, 0.1) is 24.3 Å². The van der Waals surface area contributed by atoms with E-state index in [1.807, 2.05) is 30.3 Å². The normalized spacial score (nSPS) is 29.4. The zero-order chi connectivity index (χ0) is 21.4. The van der Waals surface area contributed by atoms with Gasteiger partial charge in [0.15, 0.2) is 0 Å². The molecule has 2 saturated heterocycles. The minimum Gasteiger partial charge on any atom is -0.459 e. The van der Waals surface area contributed by atoms with Crippen molar-refractivity contribution in [3.8, 4) is 0 Å². The molecule has 1 unspecified atom stereocenters. The van der Waals surface area contributed by atoms with Gasteiger partial charge in [-0.2, -0.15) is 0 Å². The minimum absolute atomic E-state index is 0.0682. The molecule has 1 aromatic rings. The number of esters is 1. The Kier molecular flexibility index (Phi) is 5.93. The molecule has 0 bridgehead atoms. The van der Waals surface area contributed by atoms with Crippen LogP contribution in [0.25, 0.3) is 0 Å². The maximum absolute atomic E-state index is 13.3. The molecule has 0 spiro atoms. The summed E-state index contributed by atoms with van der Waals surface area (Å²) < 4.78 is 4.53. The molecule has 0 aliphatic carbocycles. The molecule has 160 valence electrons. The second-order valence-corrected chi connectivity index (χ2v) is 11.7. The van der Waals surface area contributed by atoms with Gasteiger partial charge < -0.3 is 24.7 Å². The number of β-lactam (4-membered cyclic amide) rings is 1. The van der Waals surface area contributed by atoms with Crippen molar-refractivity contribution in [1.29, 1.82) is 0 Å². The maximum Gasteiger partial charge on any atom is 0.330 e. The molecular formula is C20H28N2O6S. The number of hydrogen-bond donors (Lipinski definition) is 2. The van der Waals surface area contributed by atoms with Crippen molar-refractivity contribution in [3.05, 3.63) is 35.9 Å².